The summed E-state index contributed by atoms with van der Waals surface area (Å²) < 4.78 is 5.22. The molecule has 5 heteroatoms. The Hall–Kier alpha value is -2.82. The predicted molar refractivity (Wildman–Crippen MR) is 111 cm³/mol. The van der Waals surface area contributed by atoms with E-state index in [2.05, 4.69) is 22.8 Å². The predicted octanol–water partition coefficient (Wildman–Crippen LogP) is 4.08. The molecule has 0 bridgehead atoms. The van der Waals surface area contributed by atoms with E-state index in [0.717, 1.165) is 24.8 Å². The summed E-state index contributed by atoms with van der Waals surface area (Å²) in [6, 6.07) is 19.1. The fraction of sp³-hybridized carbons (Fsp3) is 0.391. The van der Waals surface area contributed by atoms with E-state index in [1.165, 1.54) is 5.56 Å². The van der Waals surface area contributed by atoms with Crippen molar-refractivity contribution >= 4 is 12.0 Å². The molecule has 0 saturated heterocycles. The lowest BCUT2D eigenvalue weighted by atomic mass is 10.0. The summed E-state index contributed by atoms with van der Waals surface area (Å²) in [4.78, 5) is 24.5. The highest BCUT2D eigenvalue weighted by Gasteiger charge is 2.24. The van der Waals surface area contributed by atoms with Crippen molar-refractivity contribution in [3.05, 3.63) is 71.8 Å². The number of unbranched alkanes of at least 4 members (excludes halogenated alkanes) is 1. The average Bonchev–Trinajstić information content (AvgIpc) is 2.71. The van der Waals surface area contributed by atoms with Crippen LogP contribution in [0.1, 0.15) is 37.8 Å². The lowest BCUT2D eigenvalue weighted by Crippen LogP contribution is -2.50. The molecule has 5 nitrogen and oxygen atoms in total. The first-order valence-electron chi connectivity index (χ1n) is 9.85. The number of amides is 2. The Morgan fingerprint density at radius 2 is 1.50 bits per heavy atom. The fourth-order valence-electron chi connectivity index (χ4n) is 2.85. The van der Waals surface area contributed by atoms with Gasteiger partial charge in [0.15, 0.2) is 0 Å². The van der Waals surface area contributed by atoms with Gasteiger partial charge in [0.2, 0.25) is 5.91 Å². The zero-order valence-electron chi connectivity index (χ0n) is 16.7. The molecule has 0 aliphatic heterocycles. The van der Waals surface area contributed by atoms with Gasteiger partial charge in [-0.3, -0.25) is 4.79 Å². The van der Waals surface area contributed by atoms with Gasteiger partial charge in [0.25, 0.3) is 0 Å². The SMILES string of the molecule is CC(C)[C@H](NC(=O)OCc1ccccc1)C(=O)NCCCCc1ccccc1. The van der Waals surface area contributed by atoms with Crippen LogP contribution >= 0.6 is 0 Å². The minimum Gasteiger partial charge on any atom is -0.445 e. The van der Waals surface area contributed by atoms with Gasteiger partial charge in [-0.1, -0.05) is 74.5 Å². The standard InChI is InChI=1S/C23H30N2O3/c1-18(2)21(25-23(27)28-17-20-14-7-4-8-15-20)22(26)24-16-10-9-13-19-11-5-3-6-12-19/h3-8,11-12,14-15,18,21H,9-10,13,16-17H2,1-2H3,(H,24,26)(H,25,27)/t21-/m0/s1. The first-order valence-corrected chi connectivity index (χ1v) is 9.85. The van der Waals surface area contributed by atoms with Gasteiger partial charge in [-0.15, -0.1) is 0 Å². The van der Waals surface area contributed by atoms with Crippen molar-refractivity contribution in [1.82, 2.24) is 10.6 Å². The fourth-order valence-corrected chi connectivity index (χ4v) is 2.85. The second-order valence-electron chi connectivity index (χ2n) is 7.16. The van der Waals surface area contributed by atoms with Crippen molar-refractivity contribution in [3.63, 3.8) is 0 Å². The van der Waals surface area contributed by atoms with E-state index < -0.39 is 12.1 Å². The molecular formula is C23H30N2O3. The monoisotopic (exact) mass is 382 g/mol. The zero-order chi connectivity index (χ0) is 20.2. The Kier molecular flexibility index (Phi) is 9.05. The highest BCUT2D eigenvalue weighted by atomic mass is 16.5. The Balaban J connectivity index is 1.69. The highest BCUT2D eigenvalue weighted by molar-refractivity contribution is 5.85. The molecule has 0 heterocycles. The van der Waals surface area contributed by atoms with Gasteiger partial charge in [0.05, 0.1) is 0 Å². The summed E-state index contributed by atoms with van der Waals surface area (Å²) in [5.41, 5.74) is 2.21. The van der Waals surface area contributed by atoms with Crippen molar-refractivity contribution in [2.24, 2.45) is 5.92 Å². The molecule has 0 unspecified atom stereocenters. The molecule has 28 heavy (non-hydrogen) atoms. The van der Waals surface area contributed by atoms with Gasteiger partial charge < -0.3 is 15.4 Å². The minimum absolute atomic E-state index is 0.0337. The van der Waals surface area contributed by atoms with Crippen LogP contribution in [0.3, 0.4) is 0 Å². The summed E-state index contributed by atoms with van der Waals surface area (Å²) in [6.45, 7) is 4.57. The molecule has 0 aliphatic carbocycles. The Morgan fingerprint density at radius 3 is 2.11 bits per heavy atom. The molecule has 0 saturated carbocycles. The molecule has 0 aliphatic rings. The maximum Gasteiger partial charge on any atom is 0.408 e. The molecule has 2 aromatic rings. The van der Waals surface area contributed by atoms with Crippen LogP contribution in [0.15, 0.2) is 60.7 Å². The maximum atomic E-state index is 12.4. The van der Waals surface area contributed by atoms with Crippen molar-refractivity contribution in [2.75, 3.05) is 6.54 Å². The topological polar surface area (TPSA) is 67.4 Å². The number of ether oxygens (including phenoxy) is 1. The Morgan fingerprint density at radius 1 is 0.893 bits per heavy atom. The quantitative estimate of drug-likeness (QED) is 0.609. The molecular weight excluding hydrogens is 352 g/mol. The number of carbonyl (C=O) groups is 2. The molecule has 0 radical (unpaired) electrons. The Bertz CT molecular complexity index is 717. The summed E-state index contributed by atoms with van der Waals surface area (Å²) in [6.07, 6.45) is 2.31. The van der Waals surface area contributed by atoms with Crippen molar-refractivity contribution in [2.45, 2.75) is 45.8 Å². The average molecular weight is 383 g/mol. The van der Waals surface area contributed by atoms with E-state index in [-0.39, 0.29) is 18.4 Å². The number of benzene rings is 2. The third-order valence-electron chi connectivity index (χ3n) is 4.47. The van der Waals surface area contributed by atoms with Crippen LogP contribution in [0.2, 0.25) is 0 Å². The number of carbonyl (C=O) groups excluding carboxylic acids is 2. The number of nitrogens with one attached hydrogen (secondary N) is 2. The van der Waals surface area contributed by atoms with Crippen LogP contribution in [-0.4, -0.2) is 24.6 Å². The van der Waals surface area contributed by atoms with Gasteiger partial charge in [0.1, 0.15) is 12.6 Å². The van der Waals surface area contributed by atoms with Gasteiger partial charge in [-0.25, -0.2) is 4.79 Å². The van der Waals surface area contributed by atoms with Crippen LogP contribution in [-0.2, 0) is 22.6 Å². The van der Waals surface area contributed by atoms with Gasteiger partial charge in [0, 0.05) is 6.54 Å². The van der Waals surface area contributed by atoms with E-state index in [9.17, 15) is 9.59 Å². The third-order valence-corrected chi connectivity index (χ3v) is 4.47. The summed E-state index contributed by atoms with van der Waals surface area (Å²) in [5, 5.41) is 5.60. The zero-order valence-corrected chi connectivity index (χ0v) is 16.7. The van der Waals surface area contributed by atoms with Crippen molar-refractivity contribution in [1.29, 1.82) is 0 Å². The number of hydrogen-bond donors (Lipinski definition) is 2. The highest BCUT2D eigenvalue weighted by Crippen LogP contribution is 2.06. The lowest BCUT2D eigenvalue weighted by Gasteiger charge is -2.21. The molecule has 2 aromatic carbocycles. The molecule has 0 aromatic heterocycles. The van der Waals surface area contributed by atoms with Gasteiger partial charge in [-0.05, 0) is 36.3 Å². The van der Waals surface area contributed by atoms with Gasteiger partial charge >= 0.3 is 6.09 Å². The second kappa shape index (κ2) is 11.8. The van der Waals surface area contributed by atoms with E-state index in [1.54, 1.807) is 0 Å². The third kappa shape index (κ3) is 7.82. The van der Waals surface area contributed by atoms with Crippen LogP contribution in [0.25, 0.3) is 0 Å². The maximum absolute atomic E-state index is 12.4. The van der Waals surface area contributed by atoms with Crippen molar-refractivity contribution < 1.29 is 14.3 Å². The smallest absolute Gasteiger partial charge is 0.408 e. The number of rotatable bonds is 10. The molecule has 2 rings (SSSR count). The number of hydrogen-bond acceptors (Lipinski definition) is 3. The minimum atomic E-state index is -0.614. The van der Waals surface area contributed by atoms with Crippen molar-refractivity contribution in [3.8, 4) is 0 Å². The number of aryl methyl sites for hydroxylation is 1. The lowest BCUT2D eigenvalue weighted by molar-refractivity contribution is -0.124. The first kappa shape index (κ1) is 21.5. The molecule has 2 N–H and O–H groups in total. The molecule has 1 atom stereocenters. The van der Waals surface area contributed by atoms with E-state index >= 15 is 0 Å². The molecule has 0 fully saturated rings. The van der Waals surface area contributed by atoms with E-state index in [0.29, 0.717) is 6.54 Å². The van der Waals surface area contributed by atoms with Crippen LogP contribution in [0.5, 0.6) is 0 Å². The second-order valence-corrected chi connectivity index (χ2v) is 7.16. The Labute approximate surface area is 167 Å². The normalized spacial score (nSPS) is 11.7. The van der Waals surface area contributed by atoms with Crippen LogP contribution in [0.4, 0.5) is 4.79 Å². The van der Waals surface area contributed by atoms with E-state index in [1.807, 2.05) is 62.4 Å². The van der Waals surface area contributed by atoms with Crippen LogP contribution < -0.4 is 10.6 Å². The van der Waals surface area contributed by atoms with Gasteiger partial charge in [-0.2, -0.15) is 0 Å². The summed E-state index contributed by atoms with van der Waals surface area (Å²) >= 11 is 0. The molecule has 0 spiro atoms. The summed E-state index contributed by atoms with van der Waals surface area (Å²) in [5.74, 6) is -0.208. The molecule has 150 valence electrons. The largest absolute Gasteiger partial charge is 0.445 e. The van der Waals surface area contributed by atoms with E-state index in [4.69, 9.17) is 4.74 Å². The number of alkyl carbamates (subject to hydrolysis) is 1. The van der Waals surface area contributed by atoms with Crippen LogP contribution in [0, 0.1) is 5.92 Å². The first-order chi connectivity index (χ1) is 13.6. The summed E-state index contributed by atoms with van der Waals surface area (Å²) in [7, 11) is 0. The molecule has 2 amide bonds.